The zero-order chi connectivity index (χ0) is 11.7. The van der Waals surface area contributed by atoms with Gasteiger partial charge in [0, 0.05) is 17.5 Å². The molecule has 0 unspecified atom stereocenters. The highest BCUT2D eigenvalue weighted by Gasteiger charge is 2.20. The second-order valence-electron chi connectivity index (χ2n) is 4.98. The van der Waals surface area contributed by atoms with E-state index < -0.39 is 0 Å². The van der Waals surface area contributed by atoms with E-state index in [9.17, 15) is 0 Å². The maximum atomic E-state index is 6.13. The van der Waals surface area contributed by atoms with Crippen LogP contribution in [0.15, 0.2) is 12.1 Å². The lowest BCUT2D eigenvalue weighted by Crippen LogP contribution is -2.17. The average molecular weight is 252 g/mol. The van der Waals surface area contributed by atoms with Crippen LogP contribution in [0.3, 0.4) is 0 Å². The van der Waals surface area contributed by atoms with E-state index in [1.165, 1.54) is 24.0 Å². The van der Waals surface area contributed by atoms with Crippen LogP contribution in [-0.4, -0.2) is 19.2 Å². The Balaban J connectivity index is 1.61. The zero-order valence-corrected chi connectivity index (χ0v) is 10.7. The van der Waals surface area contributed by atoms with Crippen LogP contribution in [0.1, 0.15) is 30.4 Å². The molecule has 1 aromatic rings. The lowest BCUT2D eigenvalue weighted by atomic mass is 10.0. The molecule has 0 radical (unpaired) electrons. The van der Waals surface area contributed by atoms with Crippen LogP contribution >= 0.6 is 11.6 Å². The van der Waals surface area contributed by atoms with Crippen molar-refractivity contribution in [1.82, 2.24) is 5.32 Å². The van der Waals surface area contributed by atoms with Gasteiger partial charge in [0.05, 0.1) is 6.61 Å². The highest BCUT2D eigenvalue weighted by Crippen LogP contribution is 2.33. The Morgan fingerprint density at radius 3 is 3.06 bits per heavy atom. The van der Waals surface area contributed by atoms with Crippen LogP contribution in [0, 0.1) is 0 Å². The van der Waals surface area contributed by atoms with Crippen molar-refractivity contribution in [1.29, 1.82) is 0 Å². The maximum Gasteiger partial charge on any atom is 0.125 e. The van der Waals surface area contributed by atoms with Crippen molar-refractivity contribution in [3.8, 4) is 5.75 Å². The molecule has 0 spiro atoms. The van der Waals surface area contributed by atoms with Crippen molar-refractivity contribution in [3.05, 3.63) is 28.3 Å². The summed E-state index contributed by atoms with van der Waals surface area (Å²) in [7, 11) is 0. The molecular weight excluding hydrogens is 234 g/mol. The lowest BCUT2D eigenvalue weighted by molar-refractivity contribution is 0.353. The van der Waals surface area contributed by atoms with Gasteiger partial charge >= 0.3 is 0 Å². The van der Waals surface area contributed by atoms with Crippen molar-refractivity contribution >= 4 is 11.6 Å². The first-order chi connectivity index (χ1) is 8.33. The number of ether oxygens (including phenoxy) is 1. The SMILES string of the molecule is Clc1cc(CCCNC2CC2)c2c(c1)CCO2. The summed E-state index contributed by atoms with van der Waals surface area (Å²) in [5.41, 5.74) is 2.56. The second kappa shape index (κ2) is 4.87. The van der Waals surface area contributed by atoms with Crippen LogP contribution < -0.4 is 10.1 Å². The Labute approximate surface area is 107 Å². The van der Waals surface area contributed by atoms with Gasteiger partial charge in [-0.05, 0) is 55.5 Å². The Kier molecular flexibility index (Phi) is 3.26. The molecule has 1 heterocycles. The van der Waals surface area contributed by atoms with Gasteiger partial charge in [0.2, 0.25) is 0 Å². The number of hydrogen-bond donors (Lipinski definition) is 1. The van der Waals surface area contributed by atoms with Crippen molar-refractivity contribution in [2.75, 3.05) is 13.2 Å². The predicted molar refractivity (Wildman–Crippen MR) is 70.0 cm³/mol. The largest absolute Gasteiger partial charge is 0.493 e. The van der Waals surface area contributed by atoms with Gasteiger partial charge in [0.25, 0.3) is 0 Å². The van der Waals surface area contributed by atoms with Gasteiger partial charge < -0.3 is 10.1 Å². The molecule has 0 atom stereocenters. The van der Waals surface area contributed by atoms with Gasteiger partial charge in [-0.15, -0.1) is 0 Å². The second-order valence-corrected chi connectivity index (χ2v) is 5.42. The number of nitrogens with one attached hydrogen (secondary N) is 1. The number of halogens is 1. The molecule has 0 amide bonds. The molecule has 1 fully saturated rings. The summed E-state index contributed by atoms with van der Waals surface area (Å²) < 4.78 is 5.70. The minimum absolute atomic E-state index is 0.802. The normalized spacial score (nSPS) is 17.9. The van der Waals surface area contributed by atoms with Gasteiger partial charge in [-0.3, -0.25) is 0 Å². The number of rotatable bonds is 5. The minimum atomic E-state index is 0.802. The summed E-state index contributed by atoms with van der Waals surface area (Å²) in [4.78, 5) is 0. The zero-order valence-electron chi connectivity index (χ0n) is 9.97. The third-order valence-electron chi connectivity index (χ3n) is 3.46. The van der Waals surface area contributed by atoms with Crippen molar-refractivity contribution in [2.24, 2.45) is 0 Å². The Hall–Kier alpha value is -0.730. The first-order valence-electron chi connectivity index (χ1n) is 6.50. The molecule has 3 rings (SSSR count). The molecule has 3 heteroatoms. The summed E-state index contributed by atoms with van der Waals surface area (Å²) in [5.74, 6) is 1.10. The molecule has 2 aliphatic rings. The third kappa shape index (κ3) is 2.75. The first kappa shape index (κ1) is 11.4. The molecule has 0 aromatic heterocycles. The van der Waals surface area contributed by atoms with Crippen LogP contribution in [0.4, 0.5) is 0 Å². The average Bonchev–Trinajstić information content (AvgIpc) is 3.01. The summed E-state index contributed by atoms with van der Waals surface area (Å²) >= 11 is 6.13. The van der Waals surface area contributed by atoms with Gasteiger partial charge in [-0.2, -0.15) is 0 Å². The van der Waals surface area contributed by atoms with Crippen LogP contribution in [0.2, 0.25) is 5.02 Å². The molecular formula is C14H18ClNO. The van der Waals surface area contributed by atoms with E-state index in [0.717, 1.165) is 49.2 Å². The topological polar surface area (TPSA) is 21.3 Å². The molecule has 17 heavy (non-hydrogen) atoms. The summed E-state index contributed by atoms with van der Waals surface area (Å²) in [6.07, 6.45) is 5.93. The van der Waals surface area contributed by atoms with Crippen molar-refractivity contribution in [2.45, 2.75) is 38.1 Å². The summed E-state index contributed by atoms with van der Waals surface area (Å²) in [5, 5.41) is 4.38. The van der Waals surface area contributed by atoms with Crippen LogP contribution in [0.5, 0.6) is 5.75 Å². The van der Waals surface area contributed by atoms with Gasteiger partial charge in [-0.1, -0.05) is 11.6 Å². The highest BCUT2D eigenvalue weighted by molar-refractivity contribution is 6.30. The number of benzene rings is 1. The Morgan fingerprint density at radius 2 is 2.24 bits per heavy atom. The van der Waals surface area contributed by atoms with Crippen molar-refractivity contribution in [3.63, 3.8) is 0 Å². The van der Waals surface area contributed by atoms with Gasteiger partial charge in [0.1, 0.15) is 5.75 Å². The molecule has 0 bridgehead atoms. The van der Waals surface area contributed by atoms with E-state index >= 15 is 0 Å². The maximum absolute atomic E-state index is 6.13. The molecule has 1 saturated carbocycles. The predicted octanol–water partition coefficient (Wildman–Crippen LogP) is 2.96. The molecule has 1 N–H and O–H groups in total. The van der Waals surface area contributed by atoms with E-state index in [4.69, 9.17) is 16.3 Å². The van der Waals surface area contributed by atoms with E-state index in [-0.39, 0.29) is 0 Å². The van der Waals surface area contributed by atoms with E-state index in [0.29, 0.717) is 0 Å². The lowest BCUT2D eigenvalue weighted by Gasteiger charge is -2.09. The quantitative estimate of drug-likeness (QED) is 0.813. The Morgan fingerprint density at radius 1 is 1.35 bits per heavy atom. The molecule has 92 valence electrons. The highest BCUT2D eigenvalue weighted by atomic mass is 35.5. The number of aryl methyl sites for hydroxylation is 1. The van der Waals surface area contributed by atoms with Crippen LogP contribution in [0.25, 0.3) is 0 Å². The third-order valence-corrected chi connectivity index (χ3v) is 3.68. The van der Waals surface area contributed by atoms with E-state index in [2.05, 4.69) is 11.4 Å². The molecule has 0 saturated heterocycles. The van der Waals surface area contributed by atoms with Gasteiger partial charge in [-0.25, -0.2) is 0 Å². The van der Waals surface area contributed by atoms with Gasteiger partial charge in [0.15, 0.2) is 0 Å². The molecule has 1 aliphatic carbocycles. The van der Waals surface area contributed by atoms with Crippen molar-refractivity contribution < 1.29 is 4.74 Å². The first-order valence-corrected chi connectivity index (χ1v) is 6.88. The standard InChI is InChI=1S/C14H18ClNO/c15-12-8-10(2-1-6-16-13-3-4-13)14-11(9-12)5-7-17-14/h8-9,13,16H,1-7H2. The Bertz CT molecular complexity index is 415. The molecule has 2 nitrogen and oxygen atoms in total. The molecule has 1 aromatic carbocycles. The monoisotopic (exact) mass is 251 g/mol. The van der Waals surface area contributed by atoms with Crippen LogP contribution in [-0.2, 0) is 12.8 Å². The fourth-order valence-corrected chi connectivity index (χ4v) is 2.67. The van der Waals surface area contributed by atoms with E-state index in [1.807, 2.05) is 6.07 Å². The number of fused-ring (bicyclic) bond motifs is 1. The minimum Gasteiger partial charge on any atom is -0.493 e. The summed E-state index contributed by atoms with van der Waals surface area (Å²) in [6.45, 7) is 1.91. The number of hydrogen-bond acceptors (Lipinski definition) is 2. The smallest absolute Gasteiger partial charge is 0.125 e. The molecule has 1 aliphatic heterocycles. The summed E-state index contributed by atoms with van der Waals surface area (Å²) in [6, 6.07) is 4.90. The fraction of sp³-hybridized carbons (Fsp3) is 0.571. The fourth-order valence-electron chi connectivity index (χ4n) is 2.40. The van der Waals surface area contributed by atoms with E-state index in [1.54, 1.807) is 0 Å².